The number of rotatable bonds is 6. The molecule has 0 bridgehead atoms. The van der Waals surface area contributed by atoms with Gasteiger partial charge in [0.1, 0.15) is 5.82 Å². The maximum absolute atomic E-state index is 15.1. The van der Waals surface area contributed by atoms with Gasteiger partial charge in [0.15, 0.2) is 4.21 Å². The zero-order valence-corrected chi connectivity index (χ0v) is 20.1. The first kappa shape index (κ1) is 23.3. The van der Waals surface area contributed by atoms with Crippen LogP contribution in [0.3, 0.4) is 0 Å². The molecule has 3 heterocycles. The van der Waals surface area contributed by atoms with Crippen molar-refractivity contribution in [2.75, 3.05) is 0 Å². The van der Waals surface area contributed by atoms with Gasteiger partial charge in [-0.05, 0) is 49.6 Å². The van der Waals surface area contributed by atoms with E-state index in [0.717, 1.165) is 46.5 Å². The summed E-state index contributed by atoms with van der Waals surface area (Å²) in [6.45, 7) is 5.85. The highest BCUT2D eigenvalue weighted by Crippen LogP contribution is 2.36. The van der Waals surface area contributed by atoms with Gasteiger partial charge in [-0.3, -0.25) is 14.3 Å². The molecule has 0 spiro atoms. The van der Waals surface area contributed by atoms with Crippen molar-refractivity contribution >= 4 is 32.4 Å². The second-order valence-corrected chi connectivity index (χ2v) is 10.7. The minimum atomic E-state index is -4.48. The van der Waals surface area contributed by atoms with Crippen LogP contribution in [0.25, 0.3) is 22.0 Å². The minimum Gasteiger partial charge on any atom is -0.304 e. The lowest BCUT2D eigenvalue weighted by Gasteiger charge is -2.14. The Morgan fingerprint density at radius 3 is 2.45 bits per heavy atom. The van der Waals surface area contributed by atoms with Gasteiger partial charge in [-0.25, -0.2) is 4.39 Å². The standard InChI is InChI=1S/C24H23FN2O4S2/c1-4-16-12-22-18(21(5-2)26-16)8-9-23(28)27(22)13-15-6-7-17(20(25)11-15)19-10-14(3)32-24(19)33(29,30)31/h6-12H,4-5,13H2,1-3H3,(H,29,30,31). The third-order valence-electron chi connectivity index (χ3n) is 5.54. The fourth-order valence-electron chi connectivity index (χ4n) is 3.96. The number of thiophene rings is 1. The molecule has 4 rings (SSSR count). The van der Waals surface area contributed by atoms with E-state index < -0.39 is 15.9 Å². The Hall–Kier alpha value is -2.88. The molecule has 6 nitrogen and oxygen atoms in total. The number of aromatic nitrogens is 2. The molecule has 0 saturated carbocycles. The van der Waals surface area contributed by atoms with E-state index in [1.807, 2.05) is 19.9 Å². The fraction of sp³-hybridized carbons (Fsp3) is 0.250. The highest BCUT2D eigenvalue weighted by atomic mass is 32.3. The number of hydrogen-bond donors (Lipinski definition) is 1. The molecular formula is C24H23FN2O4S2. The van der Waals surface area contributed by atoms with Crippen LogP contribution in [-0.4, -0.2) is 22.5 Å². The maximum atomic E-state index is 15.1. The molecule has 172 valence electrons. The van der Waals surface area contributed by atoms with Crippen molar-refractivity contribution in [3.8, 4) is 11.1 Å². The molecule has 1 N–H and O–H groups in total. The maximum Gasteiger partial charge on any atom is 0.304 e. The SMILES string of the molecule is CCc1cc2c(ccc(=O)n2Cc2ccc(-c3cc(C)sc3S(=O)(=O)O)c(F)c2)c(CC)n1. The van der Waals surface area contributed by atoms with E-state index in [0.29, 0.717) is 10.4 Å². The second-order valence-electron chi connectivity index (χ2n) is 7.81. The van der Waals surface area contributed by atoms with Crippen molar-refractivity contribution in [1.29, 1.82) is 0 Å². The highest BCUT2D eigenvalue weighted by Gasteiger charge is 2.22. The van der Waals surface area contributed by atoms with E-state index in [2.05, 4.69) is 4.98 Å². The van der Waals surface area contributed by atoms with Gasteiger partial charge in [-0.15, -0.1) is 11.3 Å². The van der Waals surface area contributed by atoms with Gasteiger partial charge in [0.25, 0.3) is 5.56 Å². The number of fused-ring (bicyclic) bond motifs is 1. The van der Waals surface area contributed by atoms with Crippen molar-refractivity contribution in [2.45, 2.75) is 44.4 Å². The van der Waals surface area contributed by atoms with Gasteiger partial charge in [-0.1, -0.05) is 26.0 Å². The summed E-state index contributed by atoms with van der Waals surface area (Å²) in [7, 11) is -4.48. The third kappa shape index (κ3) is 4.48. The van der Waals surface area contributed by atoms with Crippen molar-refractivity contribution in [3.05, 3.63) is 80.5 Å². The molecule has 33 heavy (non-hydrogen) atoms. The molecular weight excluding hydrogens is 463 g/mol. The van der Waals surface area contributed by atoms with Crippen LogP contribution in [0.4, 0.5) is 4.39 Å². The minimum absolute atomic E-state index is 0.0757. The van der Waals surface area contributed by atoms with E-state index in [9.17, 15) is 17.8 Å². The Labute approximate surface area is 195 Å². The summed E-state index contributed by atoms with van der Waals surface area (Å²) in [6.07, 6.45) is 1.45. The third-order valence-corrected chi connectivity index (χ3v) is 7.95. The Kier molecular flexibility index (Phi) is 6.22. The van der Waals surface area contributed by atoms with Crippen LogP contribution in [0.5, 0.6) is 0 Å². The van der Waals surface area contributed by atoms with Crippen molar-refractivity contribution in [1.82, 2.24) is 9.55 Å². The zero-order chi connectivity index (χ0) is 23.9. The molecule has 4 aromatic rings. The molecule has 0 aliphatic heterocycles. The van der Waals surface area contributed by atoms with Crippen LogP contribution in [0.1, 0.15) is 35.7 Å². The van der Waals surface area contributed by atoms with E-state index >= 15 is 4.39 Å². The summed E-state index contributed by atoms with van der Waals surface area (Å²) in [5.41, 5.74) is 3.08. The fourth-order valence-corrected chi connectivity index (χ4v) is 5.97. The van der Waals surface area contributed by atoms with E-state index in [1.54, 1.807) is 23.6 Å². The van der Waals surface area contributed by atoms with Crippen molar-refractivity contribution in [2.24, 2.45) is 0 Å². The lowest BCUT2D eigenvalue weighted by molar-refractivity contribution is 0.486. The Morgan fingerprint density at radius 2 is 1.82 bits per heavy atom. The summed E-state index contributed by atoms with van der Waals surface area (Å²) in [4.78, 5) is 18.0. The largest absolute Gasteiger partial charge is 0.304 e. The summed E-state index contributed by atoms with van der Waals surface area (Å²) in [6, 6.07) is 11.1. The van der Waals surface area contributed by atoms with Gasteiger partial charge >= 0.3 is 10.1 Å². The number of aryl methyl sites for hydroxylation is 3. The van der Waals surface area contributed by atoms with Crippen LogP contribution in [0.2, 0.25) is 0 Å². The van der Waals surface area contributed by atoms with E-state index in [4.69, 9.17) is 0 Å². The van der Waals surface area contributed by atoms with Crippen LogP contribution in [-0.2, 0) is 29.5 Å². The summed E-state index contributed by atoms with van der Waals surface area (Å²) >= 11 is 0.886. The Morgan fingerprint density at radius 1 is 1.06 bits per heavy atom. The molecule has 0 amide bonds. The van der Waals surface area contributed by atoms with Crippen LogP contribution < -0.4 is 5.56 Å². The number of pyridine rings is 2. The molecule has 1 aromatic carbocycles. The molecule has 0 atom stereocenters. The lowest BCUT2D eigenvalue weighted by Crippen LogP contribution is -2.21. The monoisotopic (exact) mass is 486 g/mol. The van der Waals surface area contributed by atoms with Crippen molar-refractivity contribution in [3.63, 3.8) is 0 Å². The second kappa shape index (κ2) is 8.81. The van der Waals surface area contributed by atoms with Gasteiger partial charge in [0.05, 0.1) is 12.1 Å². The number of nitrogens with zero attached hydrogens (tertiary/aromatic N) is 2. The molecule has 9 heteroatoms. The van der Waals surface area contributed by atoms with Crippen LogP contribution in [0.15, 0.2) is 51.5 Å². The summed E-state index contributed by atoms with van der Waals surface area (Å²) in [5, 5.41) is 0.887. The number of hydrogen-bond acceptors (Lipinski definition) is 5. The van der Waals surface area contributed by atoms with Gasteiger partial charge in [0, 0.05) is 38.8 Å². The summed E-state index contributed by atoms with van der Waals surface area (Å²) in [5.74, 6) is -0.631. The first-order valence-corrected chi connectivity index (χ1v) is 12.8. The van der Waals surface area contributed by atoms with Gasteiger partial charge < -0.3 is 4.57 Å². The Bertz CT molecular complexity index is 1540. The number of benzene rings is 1. The first-order chi connectivity index (χ1) is 15.6. The average molecular weight is 487 g/mol. The first-order valence-electron chi connectivity index (χ1n) is 10.5. The predicted octanol–water partition coefficient (Wildman–Crippen LogP) is 4.99. The molecule has 3 aromatic heterocycles. The topological polar surface area (TPSA) is 89.3 Å². The smallest absolute Gasteiger partial charge is 0.304 e. The van der Waals surface area contributed by atoms with Crippen LogP contribution in [0, 0.1) is 12.7 Å². The van der Waals surface area contributed by atoms with E-state index in [1.165, 1.54) is 24.3 Å². The van der Waals surface area contributed by atoms with Crippen LogP contribution >= 0.6 is 11.3 Å². The van der Waals surface area contributed by atoms with E-state index in [-0.39, 0.29) is 27.4 Å². The Balaban J connectivity index is 1.80. The number of halogens is 1. The molecule has 0 unspecified atom stereocenters. The molecule has 0 aliphatic rings. The molecule has 0 saturated heterocycles. The highest BCUT2D eigenvalue weighted by molar-refractivity contribution is 7.88. The van der Waals surface area contributed by atoms with Gasteiger partial charge in [0.2, 0.25) is 0 Å². The normalized spacial score (nSPS) is 11.9. The molecule has 0 fully saturated rings. The molecule has 0 aliphatic carbocycles. The molecule has 0 radical (unpaired) electrons. The van der Waals surface area contributed by atoms with Crippen molar-refractivity contribution < 1.29 is 17.4 Å². The average Bonchev–Trinajstić information content (AvgIpc) is 3.17. The van der Waals surface area contributed by atoms with Gasteiger partial charge in [-0.2, -0.15) is 8.42 Å². The predicted molar refractivity (Wildman–Crippen MR) is 128 cm³/mol. The quantitative estimate of drug-likeness (QED) is 0.388. The zero-order valence-electron chi connectivity index (χ0n) is 18.4. The lowest BCUT2D eigenvalue weighted by atomic mass is 10.0. The summed E-state index contributed by atoms with van der Waals surface area (Å²) < 4.78 is 49.4.